The molecule has 0 aliphatic heterocycles. The van der Waals surface area contributed by atoms with E-state index in [1.807, 2.05) is 0 Å². The lowest BCUT2D eigenvalue weighted by Gasteiger charge is -2.22. The zero-order valence-corrected chi connectivity index (χ0v) is 13.6. The number of benzene rings is 1. The molecule has 0 atom stereocenters. The van der Waals surface area contributed by atoms with Gasteiger partial charge in [-0.05, 0) is 39.4 Å². The number of amides is 1. The van der Waals surface area contributed by atoms with Crippen LogP contribution in [0, 0.1) is 0 Å². The van der Waals surface area contributed by atoms with Crippen LogP contribution in [0.1, 0.15) is 32.8 Å². The molecule has 0 aromatic heterocycles. The second-order valence-electron chi connectivity index (χ2n) is 5.94. The lowest BCUT2D eigenvalue weighted by atomic mass is 10.0. The number of anilines is 1. The van der Waals surface area contributed by atoms with Crippen LogP contribution in [-0.4, -0.2) is 30.5 Å². The number of hydrogen-bond donors (Lipinski definition) is 3. The van der Waals surface area contributed by atoms with Gasteiger partial charge < -0.3 is 20.3 Å². The minimum absolute atomic E-state index is 0.190. The number of ether oxygens (including phenoxy) is 2. The van der Waals surface area contributed by atoms with E-state index < -0.39 is 35.4 Å². The van der Waals surface area contributed by atoms with Gasteiger partial charge in [-0.3, -0.25) is 5.32 Å². The van der Waals surface area contributed by atoms with Gasteiger partial charge in [0.15, 0.2) is 11.5 Å². The SMILES string of the molecule is COc1cc(C(F)(F)CCN)cc(NC(=O)OC(C)(C)C)c1O. The standard InChI is InChI=1S/C15H22F2N2O4/c1-14(2,3)23-13(21)19-10-7-9(15(16,17)5-6-18)8-11(22-4)12(10)20/h7-8,20H,5-6,18H2,1-4H3,(H,19,21). The maximum atomic E-state index is 14.0. The van der Waals surface area contributed by atoms with Crippen LogP contribution in [0.15, 0.2) is 12.1 Å². The minimum Gasteiger partial charge on any atom is -0.503 e. The number of halogens is 2. The van der Waals surface area contributed by atoms with Crippen LogP contribution in [0.5, 0.6) is 11.5 Å². The number of aromatic hydroxyl groups is 1. The zero-order chi connectivity index (χ0) is 17.8. The number of phenols is 1. The van der Waals surface area contributed by atoms with Gasteiger partial charge in [-0.1, -0.05) is 0 Å². The van der Waals surface area contributed by atoms with Crippen molar-refractivity contribution in [1.29, 1.82) is 0 Å². The first-order valence-corrected chi connectivity index (χ1v) is 6.99. The fourth-order valence-corrected chi connectivity index (χ4v) is 1.81. The molecule has 6 nitrogen and oxygen atoms in total. The fourth-order valence-electron chi connectivity index (χ4n) is 1.81. The summed E-state index contributed by atoms with van der Waals surface area (Å²) < 4.78 is 38.0. The van der Waals surface area contributed by atoms with Crippen LogP contribution < -0.4 is 15.8 Å². The largest absolute Gasteiger partial charge is 0.503 e. The van der Waals surface area contributed by atoms with E-state index >= 15 is 0 Å². The minimum atomic E-state index is -3.22. The molecule has 130 valence electrons. The van der Waals surface area contributed by atoms with Gasteiger partial charge in [0.2, 0.25) is 0 Å². The molecule has 4 N–H and O–H groups in total. The van der Waals surface area contributed by atoms with E-state index in [0.717, 1.165) is 12.1 Å². The summed E-state index contributed by atoms with van der Waals surface area (Å²) in [7, 11) is 1.22. The van der Waals surface area contributed by atoms with Crippen molar-refractivity contribution < 1.29 is 28.2 Å². The molecule has 0 saturated heterocycles. The normalized spacial score (nSPS) is 12.0. The van der Waals surface area contributed by atoms with Crippen molar-refractivity contribution in [3.8, 4) is 11.5 Å². The summed E-state index contributed by atoms with van der Waals surface area (Å²) in [5.41, 5.74) is 3.76. The second-order valence-corrected chi connectivity index (χ2v) is 5.94. The summed E-state index contributed by atoms with van der Waals surface area (Å²) in [5, 5.41) is 12.2. The molecule has 1 aromatic carbocycles. The lowest BCUT2D eigenvalue weighted by molar-refractivity contribution is -0.0109. The van der Waals surface area contributed by atoms with Crippen molar-refractivity contribution in [2.75, 3.05) is 19.0 Å². The number of alkyl halides is 2. The average Bonchev–Trinajstić information content (AvgIpc) is 2.38. The average molecular weight is 332 g/mol. The molecule has 1 aromatic rings. The fraction of sp³-hybridized carbons (Fsp3) is 0.533. The Balaban J connectivity index is 3.18. The quantitative estimate of drug-likeness (QED) is 0.720. The number of nitrogens with one attached hydrogen (secondary N) is 1. The maximum Gasteiger partial charge on any atom is 0.412 e. The Morgan fingerprint density at radius 2 is 1.96 bits per heavy atom. The zero-order valence-electron chi connectivity index (χ0n) is 13.6. The van der Waals surface area contributed by atoms with Crippen molar-refractivity contribution in [2.24, 2.45) is 5.73 Å². The van der Waals surface area contributed by atoms with Crippen LogP contribution in [0.25, 0.3) is 0 Å². The van der Waals surface area contributed by atoms with Crippen LogP contribution >= 0.6 is 0 Å². The van der Waals surface area contributed by atoms with E-state index in [1.165, 1.54) is 7.11 Å². The number of rotatable bonds is 5. The molecule has 0 saturated carbocycles. The number of nitrogens with two attached hydrogens (primary N) is 1. The van der Waals surface area contributed by atoms with Crippen molar-refractivity contribution in [2.45, 2.75) is 38.7 Å². The summed E-state index contributed by atoms with van der Waals surface area (Å²) in [6, 6.07) is 1.97. The smallest absolute Gasteiger partial charge is 0.412 e. The third kappa shape index (κ3) is 5.24. The first-order valence-electron chi connectivity index (χ1n) is 6.99. The molecule has 8 heteroatoms. The number of carbonyl (C=O) groups excluding carboxylic acids is 1. The Hall–Kier alpha value is -2.09. The van der Waals surface area contributed by atoms with Gasteiger partial charge in [0.05, 0.1) is 12.8 Å². The Morgan fingerprint density at radius 1 is 1.35 bits per heavy atom. The van der Waals surface area contributed by atoms with Crippen molar-refractivity contribution in [1.82, 2.24) is 0 Å². The summed E-state index contributed by atoms with van der Waals surface area (Å²) in [4.78, 5) is 11.8. The predicted molar refractivity (Wildman–Crippen MR) is 82.1 cm³/mol. The van der Waals surface area contributed by atoms with Gasteiger partial charge in [0.1, 0.15) is 5.60 Å². The molecular formula is C15H22F2N2O4. The van der Waals surface area contributed by atoms with Crippen LogP contribution in [0.4, 0.5) is 19.3 Å². The van der Waals surface area contributed by atoms with E-state index in [1.54, 1.807) is 20.8 Å². The van der Waals surface area contributed by atoms with Crippen molar-refractivity contribution in [3.63, 3.8) is 0 Å². The molecular weight excluding hydrogens is 310 g/mol. The predicted octanol–water partition coefficient (Wildman–Crippen LogP) is 3.19. The summed E-state index contributed by atoms with van der Waals surface area (Å²) in [6.45, 7) is 4.74. The molecule has 0 aliphatic carbocycles. The molecule has 0 aliphatic rings. The summed E-state index contributed by atoms with van der Waals surface area (Å²) in [5.74, 6) is -3.88. The molecule has 23 heavy (non-hydrogen) atoms. The molecule has 0 unspecified atom stereocenters. The lowest BCUT2D eigenvalue weighted by Crippen LogP contribution is -2.27. The van der Waals surface area contributed by atoms with Crippen molar-refractivity contribution in [3.05, 3.63) is 17.7 Å². The van der Waals surface area contributed by atoms with Gasteiger partial charge in [-0.25, -0.2) is 13.6 Å². The first kappa shape index (κ1) is 19.0. The van der Waals surface area contributed by atoms with Crippen LogP contribution in [0.3, 0.4) is 0 Å². The van der Waals surface area contributed by atoms with Crippen LogP contribution in [-0.2, 0) is 10.7 Å². The van der Waals surface area contributed by atoms with E-state index in [2.05, 4.69) is 5.32 Å². The highest BCUT2D eigenvalue weighted by Crippen LogP contribution is 2.41. The Bertz CT molecular complexity index is 571. The third-order valence-electron chi connectivity index (χ3n) is 2.81. The van der Waals surface area contributed by atoms with Gasteiger partial charge in [0.25, 0.3) is 5.92 Å². The van der Waals surface area contributed by atoms with Crippen molar-refractivity contribution >= 4 is 11.8 Å². The number of hydrogen-bond acceptors (Lipinski definition) is 5. The molecule has 1 rings (SSSR count). The van der Waals surface area contributed by atoms with Gasteiger partial charge in [0, 0.05) is 12.0 Å². The Morgan fingerprint density at radius 3 is 2.43 bits per heavy atom. The molecule has 0 bridgehead atoms. The summed E-state index contributed by atoms with van der Waals surface area (Å²) in [6.07, 6.45) is -1.46. The summed E-state index contributed by atoms with van der Waals surface area (Å²) >= 11 is 0. The highest BCUT2D eigenvalue weighted by Gasteiger charge is 2.33. The third-order valence-corrected chi connectivity index (χ3v) is 2.81. The molecule has 0 fully saturated rings. The second kappa shape index (κ2) is 6.99. The number of carbonyl (C=O) groups is 1. The van der Waals surface area contributed by atoms with E-state index in [9.17, 15) is 18.7 Å². The van der Waals surface area contributed by atoms with Gasteiger partial charge in [-0.2, -0.15) is 0 Å². The van der Waals surface area contributed by atoms with Gasteiger partial charge in [-0.15, -0.1) is 0 Å². The highest BCUT2D eigenvalue weighted by atomic mass is 19.3. The highest BCUT2D eigenvalue weighted by molar-refractivity contribution is 5.88. The van der Waals surface area contributed by atoms with E-state index in [-0.39, 0.29) is 18.0 Å². The Kier molecular flexibility index (Phi) is 5.76. The molecule has 0 spiro atoms. The first-order chi connectivity index (χ1) is 10.5. The monoisotopic (exact) mass is 332 g/mol. The van der Waals surface area contributed by atoms with Crippen LogP contribution in [0.2, 0.25) is 0 Å². The molecule has 1 amide bonds. The van der Waals surface area contributed by atoms with E-state index in [0.29, 0.717) is 0 Å². The topological polar surface area (TPSA) is 93.8 Å². The maximum absolute atomic E-state index is 14.0. The van der Waals surface area contributed by atoms with Gasteiger partial charge >= 0.3 is 6.09 Å². The van der Waals surface area contributed by atoms with E-state index in [4.69, 9.17) is 15.2 Å². The molecule has 0 heterocycles. The number of phenolic OH excluding ortho intramolecular Hbond substituents is 1. The molecule has 0 radical (unpaired) electrons. The Labute approximate surface area is 133 Å². The number of methoxy groups -OCH3 is 1.